The van der Waals surface area contributed by atoms with Crippen LogP contribution in [0.5, 0.6) is 11.8 Å². The minimum absolute atomic E-state index is 0.0350. The molecule has 2 aromatic carbocycles. The van der Waals surface area contributed by atoms with E-state index in [0.717, 1.165) is 57.9 Å². The number of piperidine rings is 2. The largest absolute Gasteiger partial charge is 0.508 e. The van der Waals surface area contributed by atoms with Gasteiger partial charge in [0, 0.05) is 49.5 Å². The van der Waals surface area contributed by atoms with E-state index in [4.69, 9.17) is 19.4 Å². The SMILES string of the molecule is CCc1c(F)ccc2cc(O)cc(-c3ncc4c(N5CCC[C@@](C)(O)C5)nc(OC[C@]56CCC[C@H]5N(C5CC(OC)C5)CCC6)nc4c3F)c12. The van der Waals surface area contributed by atoms with E-state index in [1.165, 1.54) is 12.1 Å². The van der Waals surface area contributed by atoms with E-state index < -0.39 is 17.2 Å². The van der Waals surface area contributed by atoms with Crippen LogP contribution in [0.4, 0.5) is 14.6 Å². The van der Waals surface area contributed by atoms with E-state index in [1.54, 1.807) is 32.4 Å². The smallest absolute Gasteiger partial charge is 0.319 e. The lowest BCUT2D eigenvalue weighted by atomic mass is 9.73. The Kier molecular flexibility index (Phi) is 8.59. The van der Waals surface area contributed by atoms with Crippen molar-refractivity contribution < 1.29 is 28.5 Å². The Balaban J connectivity index is 1.21. The second kappa shape index (κ2) is 12.8. The van der Waals surface area contributed by atoms with Gasteiger partial charge in [-0.2, -0.15) is 9.97 Å². The molecule has 50 heavy (non-hydrogen) atoms. The van der Waals surface area contributed by atoms with Crippen molar-refractivity contribution in [3.05, 3.63) is 47.7 Å². The Morgan fingerprint density at radius 3 is 2.62 bits per heavy atom. The predicted molar refractivity (Wildman–Crippen MR) is 189 cm³/mol. The number of hydrogen-bond donors (Lipinski definition) is 2. The first-order valence-electron chi connectivity index (χ1n) is 18.3. The van der Waals surface area contributed by atoms with Crippen molar-refractivity contribution in [2.24, 2.45) is 5.41 Å². The molecular formula is C39H47F2N5O4. The lowest BCUT2D eigenvalue weighted by Gasteiger charge is -2.53. The number of aliphatic hydroxyl groups is 1. The fraction of sp³-hybridized carbons (Fsp3) is 0.564. The molecule has 0 unspecified atom stereocenters. The van der Waals surface area contributed by atoms with Crippen molar-refractivity contribution in [3.8, 4) is 23.0 Å². The van der Waals surface area contributed by atoms with E-state index in [9.17, 15) is 10.2 Å². The van der Waals surface area contributed by atoms with Crippen molar-refractivity contribution >= 4 is 27.5 Å². The topological polar surface area (TPSA) is 104 Å². The molecule has 266 valence electrons. The standard InChI is InChI=1S/C39H47F2N5O4/c1-4-27-30(40)10-9-23-16-25(47)19-28(32(23)27)34-33(41)35-29(20-42-34)36(45-14-6-11-38(2,48)21-45)44-37(43-35)50-22-39-12-5-8-31(39)46(15-7-13-39)24-17-26(18-24)49-3/h9-10,16,19-20,24,26,31,47-48H,4-8,11-15,17-18,21-22H2,1-3H3/t24?,26?,31-,38-,39-/m1/s1. The number of aromatic nitrogens is 3. The molecule has 2 saturated carbocycles. The maximum absolute atomic E-state index is 17.0. The number of phenolic OH excluding ortho intramolecular Hbond substituents is 1. The first-order valence-corrected chi connectivity index (χ1v) is 18.3. The Morgan fingerprint density at radius 1 is 1.04 bits per heavy atom. The molecule has 0 spiro atoms. The Morgan fingerprint density at radius 2 is 1.84 bits per heavy atom. The number of β-amino-alcohol motifs (C(OH)–C–C–N with tert-alkyl or cyclic N) is 1. The fourth-order valence-electron chi connectivity index (χ4n) is 9.53. The summed E-state index contributed by atoms with van der Waals surface area (Å²) in [6, 6.07) is 6.98. The number of aryl methyl sites for hydroxylation is 1. The van der Waals surface area contributed by atoms with Gasteiger partial charge in [-0.1, -0.05) is 19.4 Å². The number of phenols is 1. The third-order valence-electron chi connectivity index (χ3n) is 12.1. The molecule has 9 nitrogen and oxygen atoms in total. The quantitative estimate of drug-likeness (QED) is 0.204. The van der Waals surface area contributed by atoms with Crippen molar-refractivity contribution in [2.75, 3.05) is 38.3 Å². The summed E-state index contributed by atoms with van der Waals surface area (Å²) in [4.78, 5) is 18.8. The van der Waals surface area contributed by atoms with Crippen LogP contribution in [0.15, 0.2) is 30.5 Å². The lowest BCUT2D eigenvalue weighted by Crippen LogP contribution is -2.59. The van der Waals surface area contributed by atoms with Gasteiger partial charge in [0.2, 0.25) is 0 Å². The predicted octanol–water partition coefficient (Wildman–Crippen LogP) is 6.93. The second-order valence-electron chi connectivity index (χ2n) is 15.4. The number of benzene rings is 2. The van der Waals surface area contributed by atoms with Gasteiger partial charge in [0.05, 0.1) is 23.7 Å². The number of pyridine rings is 1. The molecule has 2 aromatic heterocycles. The van der Waals surface area contributed by atoms with Crippen LogP contribution in [0.3, 0.4) is 0 Å². The molecule has 2 aliphatic carbocycles. The maximum atomic E-state index is 17.0. The van der Waals surface area contributed by atoms with Gasteiger partial charge < -0.3 is 24.6 Å². The van der Waals surface area contributed by atoms with Crippen LogP contribution < -0.4 is 9.64 Å². The van der Waals surface area contributed by atoms with E-state index in [2.05, 4.69) is 9.88 Å². The van der Waals surface area contributed by atoms with E-state index >= 15 is 8.78 Å². The molecule has 0 amide bonds. The lowest BCUT2D eigenvalue weighted by molar-refractivity contribution is -0.0845. The fourth-order valence-corrected chi connectivity index (χ4v) is 9.53. The molecular weight excluding hydrogens is 640 g/mol. The molecule has 4 aromatic rings. The van der Waals surface area contributed by atoms with E-state index in [0.29, 0.717) is 83.8 Å². The van der Waals surface area contributed by atoms with Gasteiger partial charge in [0.1, 0.15) is 28.6 Å². The minimum Gasteiger partial charge on any atom is -0.508 e. The highest BCUT2D eigenvalue weighted by molar-refractivity contribution is 6.01. The Labute approximate surface area is 291 Å². The highest BCUT2D eigenvalue weighted by Crippen LogP contribution is 2.50. The minimum atomic E-state index is -0.936. The molecule has 0 bridgehead atoms. The van der Waals surface area contributed by atoms with Gasteiger partial charge in [-0.05, 0) is 106 Å². The van der Waals surface area contributed by atoms with Crippen molar-refractivity contribution in [1.82, 2.24) is 19.9 Å². The number of likely N-dealkylation sites (tertiary alicyclic amines) is 1. The van der Waals surface area contributed by atoms with Crippen LogP contribution in [-0.4, -0.2) is 87.2 Å². The zero-order valence-electron chi connectivity index (χ0n) is 29.2. The van der Waals surface area contributed by atoms with Crippen LogP contribution in [-0.2, 0) is 11.2 Å². The number of anilines is 1. The number of aromatic hydroxyl groups is 1. The Bertz CT molecular complexity index is 1930. The van der Waals surface area contributed by atoms with Crippen molar-refractivity contribution in [2.45, 2.75) is 102 Å². The zero-order valence-corrected chi connectivity index (χ0v) is 29.2. The molecule has 2 N–H and O–H groups in total. The average molecular weight is 688 g/mol. The molecule has 0 radical (unpaired) electrons. The third kappa shape index (κ3) is 5.75. The number of rotatable bonds is 8. The number of nitrogens with zero attached hydrogens (tertiary/aromatic N) is 5. The van der Waals surface area contributed by atoms with E-state index in [1.807, 2.05) is 11.8 Å². The van der Waals surface area contributed by atoms with Crippen molar-refractivity contribution in [3.63, 3.8) is 0 Å². The van der Waals surface area contributed by atoms with Gasteiger partial charge in [0.15, 0.2) is 5.82 Å². The summed E-state index contributed by atoms with van der Waals surface area (Å²) >= 11 is 0. The molecule has 2 aliphatic heterocycles. The first-order chi connectivity index (χ1) is 24.1. The number of ether oxygens (including phenoxy) is 2. The normalized spacial score (nSPS) is 28.6. The number of methoxy groups -OCH3 is 1. The molecule has 4 heterocycles. The highest BCUT2D eigenvalue weighted by atomic mass is 19.1. The second-order valence-corrected chi connectivity index (χ2v) is 15.4. The Hall–Kier alpha value is -3.67. The van der Waals surface area contributed by atoms with E-state index in [-0.39, 0.29) is 28.4 Å². The van der Waals surface area contributed by atoms with Gasteiger partial charge in [0.25, 0.3) is 0 Å². The monoisotopic (exact) mass is 687 g/mol. The van der Waals surface area contributed by atoms with Crippen LogP contribution >= 0.6 is 0 Å². The molecule has 4 aliphatic rings. The maximum Gasteiger partial charge on any atom is 0.319 e. The zero-order chi connectivity index (χ0) is 34.8. The van der Waals surface area contributed by atoms with Gasteiger partial charge in [-0.15, -0.1) is 0 Å². The number of halogens is 2. The molecule has 11 heteroatoms. The number of hydrogen-bond acceptors (Lipinski definition) is 9. The summed E-state index contributed by atoms with van der Waals surface area (Å²) in [7, 11) is 1.80. The number of fused-ring (bicyclic) bond motifs is 3. The highest BCUT2D eigenvalue weighted by Gasteiger charge is 2.51. The van der Waals surface area contributed by atoms with Crippen molar-refractivity contribution in [1.29, 1.82) is 0 Å². The van der Waals surface area contributed by atoms with Crippen LogP contribution in [0.2, 0.25) is 0 Å². The van der Waals surface area contributed by atoms with Crippen LogP contribution in [0.1, 0.15) is 77.2 Å². The summed E-state index contributed by atoms with van der Waals surface area (Å²) < 4.78 is 44.2. The van der Waals surface area contributed by atoms with Gasteiger partial charge in [-0.3, -0.25) is 9.88 Å². The first kappa shape index (κ1) is 33.5. The van der Waals surface area contributed by atoms with Gasteiger partial charge >= 0.3 is 6.01 Å². The van der Waals surface area contributed by atoms with Crippen LogP contribution in [0.25, 0.3) is 32.9 Å². The molecule has 4 fully saturated rings. The average Bonchev–Trinajstić information content (AvgIpc) is 3.51. The van der Waals surface area contributed by atoms with Crippen LogP contribution in [0, 0.1) is 17.0 Å². The summed E-state index contributed by atoms with van der Waals surface area (Å²) in [6.45, 7) is 6.13. The molecule has 3 atom stereocenters. The van der Waals surface area contributed by atoms with Gasteiger partial charge in [-0.25, -0.2) is 8.78 Å². The molecule has 8 rings (SSSR count). The summed E-state index contributed by atoms with van der Waals surface area (Å²) in [5.74, 6) is -0.699. The summed E-state index contributed by atoms with van der Waals surface area (Å²) in [5, 5.41) is 23.2. The summed E-state index contributed by atoms with van der Waals surface area (Å²) in [6.07, 6.45) is 11.3. The summed E-state index contributed by atoms with van der Waals surface area (Å²) in [5.41, 5.74) is -0.250. The molecule has 2 saturated heterocycles. The third-order valence-corrected chi connectivity index (χ3v) is 12.1.